The molecule has 0 spiro atoms. The second-order valence-corrected chi connectivity index (χ2v) is 7.91. The monoisotopic (exact) mass is 396 g/mol. The fourth-order valence-corrected chi connectivity index (χ4v) is 4.47. The third-order valence-electron chi connectivity index (χ3n) is 4.91. The molecule has 1 fully saturated rings. The van der Waals surface area contributed by atoms with E-state index in [1.807, 2.05) is 48.5 Å². The van der Waals surface area contributed by atoms with Crippen LogP contribution in [0, 0.1) is 0 Å². The number of hydrogen-bond donors (Lipinski definition) is 2. The summed E-state index contributed by atoms with van der Waals surface area (Å²) in [5, 5.41) is 7.39. The Bertz CT molecular complexity index is 963. The van der Waals surface area contributed by atoms with Gasteiger partial charge in [-0.25, -0.2) is 0 Å². The Morgan fingerprint density at radius 1 is 1.18 bits per heavy atom. The topological polar surface area (TPSA) is 59.6 Å². The first-order chi connectivity index (χ1) is 13.7. The molecule has 4 rings (SSSR count). The van der Waals surface area contributed by atoms with Crippen LogP contribution in [0.3, 0.4) is 0 Å². The van der Waals surface area contributed by atoms with Crippen LogP contribution in [0.4, 0.5) is 0 Å². The first-order valence-corrected chi connectivity index (χ1v) is 10.4. The van der Waals surface area contributed by atoms with Gasteiger partial charge >= 0.3 is 0 Å². The fourth-order valence-electron chi connectivity index (χ4n) is 3.41. The maximum Gasteiger partial charge on any atom is 0.265 e. The van der Waals surface area contributed by atoms with Crippen LogP contribution in [0.2, 0.25) is 0 Å². The van der Waals surface area contributed by atoms with Crippen molar-refractivity contribution in [1.29, 1.82) is 0 Å². The molecule has 0 unspecified atom stereocenters. The van der Waals surface area contributed by atoms with E-state index in [0.29, 0.717) is 11.4 Å². The van der Waals surface area contributed by atoms with E-state index in [-0.39, 0.29) is 12.0 Å². The summed E-state index contributed by atoms with van der Waals surface area (Å²) in [5.74, 6) is 1.40. The molecule has 1 aromatic heterocycles. The Balaban J connectivity index is 1.55. The van der Waals surface area contributed by atoms with Gasteiger partial charge in [0.2, 0.25) is 0 Å². The number of methoxy groups -OCH3 is 1. The summed E-state index contributed by atoms with van der Waals surface area (Å²) in [6, 6.07) is 15.8. The maximum atomic E-state index is 13.0. The van der Waals surface area contributed by atoms with E-state index in [0.717, 1.165) is 53.1 Å². The van der Waals surface area contributed by atoms with Crippen molar-refractivity contribution in [2.75, 3.05) is 20.2 Å². The number of carbonyl (C=O) groups is 1. The molecule has 2 heterocycles. The van der Waals surface area contributed by atoms with Crippen LogP contribution in [0.5, 0.6) is 11.5 Å². The molecule has 0 aliphatic carbocycles. The Hall–Kier alpha value is -2.57. The molecule has 3 aromatic rings. The third-order valence-corrected chi connectivity index (χ3v) is 6.06. The summed E-state index contributed by atoms with van der Waals surface area (Å²) >= 11 is 1.49. The zero-order valence-electron chi connectivity index (χ0n) is 15.9. The molecule has 0 atom stereocenters. The van der Waals surface area contributed by atoms with Crippen LogP contribution in [0.25, 0.3) is 10.1 Å². The van der Waals surface area contributed by atoms with Crippen LogP contribution < -0.4 is 20.1 Å². The molecule has 0 saturated carbocycles. The molecule has 2 N–H and O–H groups in total. The SMILES string of the molecule is COc1cccc(CNC(=O)c2sc3ccccc3c2OC2CCNCC2)c1. The van der Waals surface area contributed by atoms with Crippen molar-refractivity contribution in [1.82, 2.24) is 10.6 Å². The highest BCUT2D eigenvalue weighted by Crippen LogP contribution is 2.39. The summed E-state index contributed by atoms with van der Waals surface area (Å²) in [4.78, 5) is 13.6. The van der Waals surface area contributed by atoms with Crippen LogP contribution in [-0.4, -0.2) is 32.2 Å². The molecule has 0 bridgehead atoms. The number of fused-ring (bicyclic) bond motifs is 1. The van der Waals surface area contributed by atoms with Gasteiger partial charge in [0.25, 0.3) is 5.91 Å². The Morgan fingerprint density at radius 3 is 2.82 bits per heavy atom. The number of nitrogens with one attached hydrogen (secondary N) is 2. The number of rotatable bonds is 6. The van der Waals surface area contributed by atoms with Gasteiger partial charge in [-0.15, -0.1) is 11.3 Å². The minimum Gasteiger partial charge on any atom is -0.497 e. The van der Waals surface area contributed by atoms with E-state index in [2.05, 4.69) is 10.6 Å². The van der Waals surface area contributed by atoms with Gasteiger partial charge in [0.15, 0.2) is 5.75 Å². The van der Waals surface area contributed by atoms with E-state index >= 15 is 0 Å². The minimum atomic E-state index is -0.104. The molecule has 1 aliphatic rings. The standard InChI is InChI=1S/C22H24N2O3S/c1-26-17-6-4-5-15(13-17)14-24-22(25)21-20(27-16-9-11-23-12-10-16)18-7-2-3-8-19(18)28-21/h2-8,13,16,23H,9-12,14H2,1H3,(H,24,25). The highest BCUT2D eigenvalue weighted by molar-refractivity contribution is 7.21. The lowest BCUT2D eigenvalue weighted by Gasteiger charge is -2.24. The van der Waals surface area contributed by atoms with Gasteiger partial charge in [0.05, 0.1) is 7.11 Å². The maximum absolute atomic E-state index is 13.0. The second kappa shape index (κ2) is 8.63. The molecule has 6 heteroatoms. The molecule has 1 aliphatic heterocycles. The molecule has 1 amide bonds. The van der Waals surface area contributed by atoms with Crippen molar-refractivity contribution in [2.24, 2.45) is 0 Å². The predicted octanol–water partition coefficient (Wildman–Crippen LogP) is 3.97. The molecule has 0 radical (unpaired) electrons. The number of piperidine rings is 1. The second-order valence-electron chi connectivity index (χ2n) is 6.86. The number of thiophene rings is 1. The van der Waals surface area contributed by atoms with Gasteiger partial charge < -0.3 is 20.1 Å². The first-order valence-electron chi connectivity index (χ1n) is 9.54. The van der Waals surface area contributed by atoms with Gasteiger partial charge in [-0.05, 0) is 55.8 Å². The van der Waals surface area contributed by atoms with E-state index in [9.17, 15) is 4.79 Å². The van der Waals surface area contributed by atoms with Crippen LogP contribution >= 0.6 is 11.3 Å². The van der Waals surface area contributed by atoms with E-state index < -0.39 is 0 Å². The molecular weight excluding hydrogens is 372 g/mol. The van der Waals surface area contributed by atoms with Crippen molar-refractivity contribution in [3.8, 4) is 11.5 Å². The number of carbonyl (C=O) groups excluding carboxylic acids is 1. The summed E-state index contributed by atoms with van der Waals surface area (Å²) in [6.45, 7) is 2.34. The van der Waals surface area contributed by atoms with E-state index in [4.69, 9.17) is 9.47 Å². The Morgan fingerprint density at radius 2 is 2.00 bits per heavy atom. The fraction of sp³-hybridized carbons (Fsp3) is 0.318. The van der Waals surface area contributed by atoms with Crippen molar-refractivity contribution in [3.05, 3.63) is 59.0 Å². The first kappa shape index (κ1) is 18.8. The average molecular weight is 397 g/mol. The Kier molecular flexibility index (Phi) is 5.78. The molecule has 28 heavy (non-hydrogen) atoms. The van der Waals surface area contributed by atoms with Gasteiger partial charge in [-0.2, -0.15) is 0 Å². The average Bonchev–Trinajstić information content (AvgIpc) is 3.11. The molecule has 5 nitrogen and oxygen atoms in total. The highest BCUT2D eigenvalue weighted by Gasteiger charge is 2.23. The summed E-state index contributed by atoms with van der Waals surface area (Å²) < 4.78 is 12.7. The van der Waals surface area contributed by atoms with Crippen LogP contribution in [0.15, 0.2) is 48.5 Å². The molecular formula is C22H24N2O3S. The zero-order chi connectivity index (χ0) is 19.3. The lowest BCUT2D eigenvalue weighted by atomic mass is 10.1. The van der Waals surface area contributed by atoms with Crippen LogP contribution in [0.1, 0.15) is 28.1 Å². The Labute approximate surface area is 168 Å². The van der Waals surface area contributed by atoms with Crippen molar-refractivity contribution in [3.63, 3.8) is 0 Å². The largest absolute Gasteiger partial charge is 0.497 e. The number of hydrogen-bond acceptors (Lipinski definition) is 5. The van der Waals surface area contributed by atoms with Gasteiger partial charge in [0, 0.05) is 16.6 Å². The number of ether oxygens (including phenoxy) is 2. The normalized spacial score (nSPS) is 14.8. The van der Waals surface area contributed by atoms with E-state index in [1.165, 1.54) is 11.3 Å². The smallest absolute Gasteiger partial charge is 0.265 e. The molecule has 1 saturated heterocycles. The number of amides is 1. The van der Waals surface area contributed by atoms with E-state index in [1.54, 1.807) is 7.11 Å². The quantitative estimate of drug-likeness (QED) is 0.662. The van der Waals surface area contributed by atoms with Crippen molar-refractivity contribution < 1.29 is 14.3 Å². The summed E-state index contributed by atoms with van der Waals surface area (Å²) in [5.41, 5.74) is 0.995. The summed E-state index contributed by atoms with van der Waals surface area (Å²) in [6.07, 6.45) is 2.05. The third kappa shape index (κ3) is 4.13. The highest BCUT2D eigenvalue weighted by atomic mass is 32.1. The zero-order valence-corrected chi connectivity index (χ0v) is 16.7. The van der Waals surface area contributed by atoms with Crippen LogP contribution in [-0.2, 0) is 6.54 Å². The van der Waals surface area contributed by atoms with Crippen molar-refractivity contribution >= 4 is 27.3 Å². The van der Waals surface area contributed by atoms with Gasteiger partial charge in [-0.1, -0.05) is 24.3 Å². The predicted molar refractivity (Wildman–Crippen MR) is 113 cm³/mol. The van der Waals surface area contributed by atoms with Crippen molar-refractivity contribution in [2.45, 2.75) is 25.5 Å². The molecule has 146 valence electrons. The lowest BCUT2D eigenvalue weighted by Crippen LogP contribution is -2.34. The minimum absolute atomic E-state index is 0.104. The number of benzene rings is 2. The van der Waals surface area contributed by atoms with Gasteiger partial charge in [-0.3, -0.25) is 4.79 Å². The molecule has 2 aromatic carbocycles. The van der Waals surface area contributed by atoms with Gasteiger partial charge in [0.1, 0.15) is 16.7 Å². The summed E-state index contributed by atoms with van der Waals surface area (Å²) in [7, 11) is 1.64. The lowest BCUT2D eigenvalue weighted by molar-refractivity contribution is 0.0946.